The number of benzene rings is 12. The van der Waals surface area contributed by atoms with E-state index in [0.717, 1.165) is 88.6 Å². The third-order valence-electron chi connectivity index (χ3n) is 14.5. The Morgan fingerprint density at radius 3 is 0.671 bits per heavy atom. The summed E-state index contributed by atoms with van der Waals surface area (Å²) in [7, 11) is 0. The maximum atomic E-state index is 16.5. The van der Waals surface area contributed by atoms with Crippen LogP contribution in [0.3, 0.4) is 0 Å². The van der Waals surface area contributed by atoms with Gasteiger partial charge in [-0.15, -0.1) is 0 Å². The van der Waals surface area contributed by atoms with Gasteiger partial charge in [0.25, 0.3) is 5.78 Å². The van der Waals surface area contributed by atoms with Gasteiger partial charge in [-0.1, -0.05) is 218 Å². The van der Waals surface area contributed by atoms with E-state index in [-0.39, 0.29) is 35.4 Å². The highest BCUT2D eigenvalue weighted by Gasteiger charge is 2.31. The van der Waals surface area contributed by atoms with E-state index in [1.807, 2.05) is 238 Å². The van der Waals surface area contributed by atoms with Crippen LogP contribution in [0.2, 0.25) is 0 Å². The van der Waals surface area contributed by atoms with Gasteiger partial charge in [0.1, 0.15) is 0 Å². The highest BCUT2D eigenvalue weighted by Crippen LogP contribution is 2.44. The SMILES string of the molecule is O=C(c1nc(N(c2ccccc2)c2cccc3ccccc23)nc(N(c2ccccc2)c2cccc3ccccc23)n1)c1nc(N(c2ccccc2)c2cccc3ccccc23)nc(N(c2ccccc2)c2cccc3ccccc23)n1. The summed E-state index contributed by atoms with van der Waals surface area (Å²) in [5.74, 6) is -0.297. The number of carbonyl (C=O) groups is 1. The molecule has 2 heterocycles. The van der Waals surface area contributed by atoms with Crippen LogP contribution in [0.4, 0.5) is 69.3 Å². The standard InChI is InChI=1S/C71H48N10O/c82-65(66-72-68(78(53-33-5-1-6-34-53)61-45-21-29-49-25-13-17-41-57(49)61)76-69(73-66)79(54-35-7-2-8-36-54)62-46-22-30-50-26-14-18-42-58(50)62)67-74-70(80(55-37-9-3-10-38-55)63-47-23-31-51-27-15-19-43-59(51)63)77-71(75-67)81(56-39-11-4-12-40-56)64-48-24-32-52-28-16-20-44-60(52)64/h1-48H. The van der Waals surface area contributed by atoms with E-state index in [0.29, 0.717) is 0 Å². The zero-order valence-electron chi connectivity index (χ0n) is 44.1. The number of hydrogen-bond donors (Lipinski definition) is 0. The van der Waals surface area contributed by atoms with Crippen molar-refractivity contribution in [3.63, 3.8) is 0 Å². The van der Waals surface area contributed by atoms with Gasteiger partial charge in [0, 0.05) is 44.3 Å². The Labute approximate surface area is 473 Å². The number of para-hydroxylation sites is 4. The predicted octanol–water partition coefficient (Wildman–Crippen LogP) is 17.8. The van der Waals surface area contributed by atoms with E-state index in [2.05, 4.69) is 72.8 Å². The number of fused-ring (bicyclic) bond motifs is 4. The summed E-state index contributed by atoms with van der Waals surface area (Å²) in [5, 5.41) is 7.87. The van der Waals surface area contributed by atoms with Crippen molar-refractivity contribution in [1.82, 2.24) is 29.9 Å². The van der Waals surface area contributed by atoms with Crippen molar-refractivity contribution in [2.45, 2.75) is 0 Å². The molecule has 0 fully saturated rings. The molecule has 0 unspecified atom stereocenters. The molecule has 0 amide bonds. The molecule has 0 bridgehead atoms. The average Bonchev–Trinajstić information content (AvgIpc) is 3.70. The first-order valence-corrected chi connectivity index (χ1v) is 27.0. The molecule has 0 N–H and O–H groups in total. The van der Waals surface area contributed by atoms with Crippen molar-refractivity contribution in [2.75, 3.05) is 19.6 Å². The summed E-state index contributed by atoms with van der Waals surface area (Å²) in [5.41, 5.74) is 6.23. The predicted molar refractivity (Wildman–Crippen MR) is 332 cm³/mol. The molecule has 0 saturated carbocycles. The molecule has 0 atom stereocenters. The molecule has 388 valence electrons. The number of anilines is 12. The lowest BCUT2D eigenvalue weighted by Gasteiger charge is -2.29. The molecule has 0 aliphatic carbocycles. The molecular weight excluding hydrogens is 1010 g/mol. The molecule has 0 aliphatic heterocycles. The van der Waals surface area contributed by atoms with Gasteiger partial charge in [0.15, 0.2) is 0 Å². The van der Waals surface area contributed by atoms with Gasteiger partial charge in [0.2, 0.25) is 35.4 Å². The van der Waals surface area contributed by atoms with Crippen LogP contribution in [-0.4, -0.2) is 35.7 Å². The normalized spacial score (nSPS) is 11.2. The first-order valence-electron chi connectivity index (χ1n) is 27.0. The zero-order valence-corrected chi connectivity index (χ0v) is 44.1. The summed E-state index contributed by atoms with van der Waals surface area (Å²) >= 11 is 0. The van der Waals surface area contributed by atoms with Crippen LogP contribution in [0.5, 0.6) is 0 Å². The van der Waals surface area contributed by atoms with E-state index in [4.69, 9.17) is 29.9 Å². The number of nitrogens with zero attached hydrogens (tertiary/aromatic N) is 10. The van der Waals surface area contributed by atoms with E-state index in [9.17, 15) is 0 Å². The van der Waals surface area contributed by atoms with Gasteiger partial charge in [-0.25, -0.2) is 0 Å². The minimum Gasteiger partial charge on any atom is -0.281 e. The molecular formula is C71H48N10O. The highest BCUT2D eigenvalue weighted by molar-refractivity contribution is 6.07. The fourth-order valence-electron chi connectivity index (χ4n) is 10.8. The average molecular weight is 1060 g/mol. The van der Waals surface area contributed by atoms with Crippen molar-refractivity contribution in [1.29, 1.82) is 0 Å². The molecule has 0 aliphatic rings. The van der Waals surface area contributed by atoms with E-state index in [1.165, 1.54) is 0 Å². The molecule has 82 heavy (non-hydrogen) atoms. The Kier molecular flexibility index (Phi) is 12.8. The summed E-state index contributed by atoms with van der Waals surface area (Å²) in [6.07, 6.45) is 0. The Morgan fingerprint density at radius 2 is 0.427 bits per heavy atom. The van der Waals surface area contributed by atoms with Crippen molar-refractivity contribution in [2.24, 2.45) is 0 Å². The van der Waals surface area contributed by atoms with Crippen LogP contribution >= 0.6 is 0 Å². The molecule has 0 spiro atoms. The molecule has 2 aromatic heterocycles. The van der Waals surface area contributed by atoms with Crippen molar-refractivity contribution in [3.05, 3.63) is 303 Å². The molecule has 0 saturated heterocycles. The second kappa shape index (κ2) is 21.4. The van der Waals surface area contributed by atoms with E-state index < -0.39 is 5.78 Å². The van der Waals surface area contributed by atoms with Crippen LogP contribution in [0.15, 0.2) is 291 Å². The lowest BCUT2D eigenvalue weighted by Crippen LogP contribution is -2.24. The molecule has 11 nitrogen and oxygen atoms in total. The molecule has 0 radical (unpaired) electrons. The fourth-order valence-corrected chi connectivity index (χ4v) is 10.8. The maximum absolute atomic E-state index is 16.5. The Morgan fingerprint density at radius 1 is 0.220 bits per heavy atom. The zero-order chi connectivity index (χ0) is 54.8. The first kappa shape index (κ1) is 48.9. The van der Waals surface area contributed by atoms with E-state index >= 15 is 4.79 Å². The molecule has 14 aromatic rings. The largest absolute Gasteiger partial charge is 0.281 e. The van der Waals surface area contributed by atoms with Gasteiger partial charge >= 0.3 is 0 Å². The fraction of sp³-hybridized carbons (Fsp3) is 0. The summed E-state index contributed by atoms with van der Waals surface area (Å²) in [6.45, 7) is 0. The van der Waals surface area contributed by atoms with Crippen molar-refractivity contribution in [3.8, 4) is 0 Å². The summed E-state index contributed by atoms with van der Waals surface area (Å²) in [6, 6.07) is 97.1. The van der Waals surface area contributed by atoms with E-state index in [1.54, 1.807) is 0 Å². The van der Waals surface area contributed by atoms with Gasteiger partial charge in [-0.05, 0) is 94.3 Å². The second-order valence-corrected chi connectivity index (χ2v) is 19.5. The minimum absolute atomic E-state index is 0.190. The van der Waals surface area contributed by atoms with Crippen LogP contribution in [0, 0.1) is 0 Å². The third-order valence-corrected chi connectivity index (χ3v) is 14.5. The van der Waals surface area contributed by atoms with Gasteiger partial charge in [-0.2, -0.15) is 29.9 Å². The van der Waals surface area contributed by atoms with Gasteiger partial charge < -0.3 is 0 Å². The molecule has 14 rings (SSSR count). The minimum atomic E-state index is -0.663. The monoisotopic (exact) mass is 1060 g/mol. The molecule has 12 aromatic carbocycles. The molecule has 11 heteroatoms. The second-order valence-electron chi connectivity index (χ2n) is 19.5. The number of hydrogen-bond acceptors (Lipinski definition) is 11. The number of carbonyl (C=O) groups excluding carboxylic acids is 1. The first-order chi connectivity index (χ1) is 40.6. The third kappa shape index (κ3) is 9.19. The van der Waals surface area contributed by atoms with Gasteiger partial charge in [0.05, 0.1) is 22.7 Å². The van der Waals surface area contributed by atoms with Crippen molar-refractivity contribution >= 4 is 118 Å². The van der Waals surface area contributed by atoms with Crippen LogP contribution in [0.25, 0.3) is 43.1 Å². The quantitative estimate of drug-likeness (QED) is 0.0972. The highest BCUT2D eigenvalue weighted by atomic mass is 16.1. The Balaban J connectivity index is 1.06. The summed E-state index contributed by atoms with van der Waals surface area (Å²) < 4.78 is 0. The number of ketones is 1. The van der Waals surface area contributed by atoms with Crippen LogP contribution in [-0.2, 0) is 0 Å². The Bertz CT molecular complexity index is 4050. The van der Waals surface area contributed by atoms with Crippen LogP contribution in [0.1, 0.15) is 16.4 Å². The van der Waals surface area contributed by atoms with Crippen LogP contribution < -0.4 is 19.6 Å². The Hall–Kier alpha value is -11.4. The van der Waals surface area contributed by atoms with Gasteiger partial charge in [-0.3, -0.25) is 24.4 Å². The number of rotatable bonds is 14. The smallest absolute Gasteiger partial charge is 0.267 e. The topological polar surface area (TPSA) is 107 Å². The van der Waals surface area contributed by atoms with Crippen molar-refractivity contribution < 1.29 is 4.79 Å². The lowest BCUT2D eigenvalue weighted by molar-refractivity contribution is 0.101. The maximum Gasteiger partial charge on any atom is 0.267 e. The number of aromatic nitrogens is 6. The summed E-state index contributed by atoms with van der Waals surface area (Å²) in [4.78, 5) is 56.4. The lowest BCUT2D eigenvalue weighted by atomic mass is 10.1.